The molecule has 0 aliphatic carbocycles. The van der Waals surface area contributed by atoms with Crippen LogP contribution in [0.5, 0.6) is 11.5 Å². The second-order valence-electron chi connectivity index (χ2n) is 14.2. The lowest BCUT2D eigenvalue weighted by Crippen LogP contribution is -1.92. The quantitative estimate of drug-likeness (QED) is 0.170. The standard InChI is InChI=1S/C52H38N4O2/c1-57-37-23-30-47(58-2)38(31-37)39-32-46-50(35-19-11-5-12-20-35)44-27-26-42(54-44)48(33-15-7-3-8-16-33)40-24-25-41(53-40)49(34-17-9-4-10-18-34)43-28-29-45(55-43)51(52(39)56-46)36-21-13-6-14-22-36/h3-32,53,56H,1-2H3. The SMILES string of the molecule is COc1ccc(OC)c(-c2cc3[nH]c2c(-c2ccccc2)c2nc(c(-c4ccccc4)c4ccc([nH]4)c(-c4ccccc4)c4nc(c3-c3ccccc3)C=C4)C=C2)c1. The molecular formula is C52H38N4O2. The minimum atomic E-state index is 0.723. The number of benzene rings is 5. The fourth-order valence-electron chi connectivity index (χ4n) is 8.16. The van der Waals surface area contributed by atoms with Gasteiger partial charge in [0.1, 0.15) is 11.5 Å². The minimum absolute atomic E-state index is 0.723. The van der Waals surface area contributed by atoms with Gasteiger partial charge in [-0.15, -0.1) is 0 Å². The van der Waals surface area contributed by atoms with E-state index in [9.17, 15) is 0 Å². The van der Waals surface area contributed by atoms with E-state index in [0.717, 1.165) is 112 Å². The third-order valence-corrected chi connectivity index (χ3v) is 10.8. The van der Waals surface area contributed by atoms with Crippen LogP contribution in [0, 0.1) is 0 Å². The third kappa shape index (κ3) is 6.17. The zero-order valence-electron chi connectivity index (χ0n) is 32.0. The number of nitrogens with zero attached hydrogens (tertiary/aromatic N) is 2. The van der Waals surface area contributed by atoms with Crippen LogP contribution in [0.15, 0.2) is 158 Å². The summed E-state index contributed by atoms with van der Waals surface area (Å²) in [5, 5.41) is 0. The van der Waals surface area contributed by atoms with Crippen molar-refractivity contribution in [2.24, 2.45) is 0 Å². The number of H-pyrrole nitrogens is 2. The van der Waals surface area contributed by atoms with Crippen LogP contribution in [0.1, 0.15) is 22.8 Å². The summed E-state index contributed by atoms with van der Waals surface area (Å²) in [4.78, 5) is 18.8. The number of fused-ring (bicyclic) bond motifs is 8. The molecule has 278 valence electrons. The lowest BCUT2D eigenvalue weighted by molar-refractivity contribution is 0.404. The van der Waals surface area contributed by atoms with Gasteiger partial charge < -0.3 is 19.4 Å². The summed E-state index contributed by atoms with van der Waals surface area (Å²) in [6.07, 6.45) is 8.51. The summed E-state index contributed by atoms with van der Waals surface area (Å²) >= 11 is 0. The molecule has 10 rings (SSSR count). The summed E-state index contributed by atoms with van der Waals surface area (Å²) in [5.74, 6) is 1.45. The highest BCUT2D eigenvalue weighted by Gasteiger charge is 2.22. The maximum Gasteiger partial charge on any atom is 0.127 e. The Balaban J connectivity index is 1.46. The van der Waals surface area contributed by atoms with Gasteiger partial charge in [0.2, 0.25) is 0 Å². The van der Waals surface area contributed by atoms with Crippen LogP contribution in [-0.2, 0) is 0 Å². The third-order valence-electron chi connectivity index (χ3n) is 10.8. The molecule has 5 heterocycles. The van der Waals surface area contributed by atoms with E-state index in [1.54, 1.807) is 14.2 Å². The molecule has 0 atom stereocenters. The molecule has 8 aromatic rings. The zero-order valence-corrected chi connectivity index (χ0v) is 32.0. The molecule has 8 bridgehead atoms. The van der Waals surface area contributed by atoms with Gasteiger partial charge in [0, 0.05) is 49.9 Å². The summed E-state index contributed by atoms with van der Waals surface area (Å²) in [6.45, 7) is 0. The van der Waals surface area contributed by atoms with Gasteiger partial charge in [-0.2, -0.15) is 0 Å². The average molecular weight is 751 g/mol. The average Bonchev–Trinajstić information content (AvgIpc) is 4.13. The normalized spacial score (nSPS) is 11.8. The number of aromatic amines is 2. The van der Waals surface area contributed by atoms with Crippen molar-refractivity contribution in [3.8, 4) is 67.1 Å². The molecule has 0 saturated carbocycles. The van der Waals surface area contributed by atoms with Gasteiger partial charge in [-0.1, -0.05) is 121 Å². The Kier molecular flexibility index (Phi) is 8.84. The topological polar surface area (TPSA) is 75.8 Å². The highest BCUT2D eigenvalue weighted by atomic mass is 16.5. The summed E-state index contributed by atoms with van der Waals surface area (Å²) < 4.78 is 11.8. The molecular weight excluding hydrogens is 713 g/mol. The van der Waals surface area contributed by atoms with Crippen molar-refractivity contribution in [2.45, 2.75) is 0 Å². The van der Waals surface area contributed by atoms with Crippen molar-refractivity contribution in [3.05, 3.63) is 181 Å². The van der Waals surface area contributed by atoms with E-state index in [4.69, 9.17) is 19.4 Å². The molecule has 0 spiro atoms. The first-order chi connectivity index (χ1) is 28.7. The Labute approximate surface area is 336 Å². The molecule has 0 radical (unpaired) electrons. The molecule has 0 saturated heterocycles. The van der Waals surface area contributed by atoms with Gasteiger partial charge in [-0.05, 0) is 83.0 Å². The van der Waals surface area contributed by atoms with Crippen LogP contribution in [-0.4, -0.2) is 34.2 Å². The first-order valence-electron chi connectivity index (χ1n) is 19.3. The Bertz CT molecular complexity index is 3060. The number of rotatable bonds is 7. The van der Waals surface area contributed by atoms with Crippen molar-refractivity contribution >= 4 is 46.4 Å². The monoisotopic (exact) mass is 750 g/mol. The minimum Gasteiger partial charge on any atom is -0.497 e. The summed E-state index contributed by atoms with van der Waals surface area (Å²) in [6, 6.07) is 54.3. The number of hydrogen-bond acceptors (Lipinski definition) is 4. The van der Waals surface area contributed by atoms with Crippen LogP contribution in [0.4, 0.5) is 0 Å². The first kappa shape index (κ1) is 34.8. The van der Waals surface area contributed by atoms with Crippen molar-refractivity contribution in [2.75, 3.05) is 14.2 Å². The highest BCUT2D eigenvalue weighted by molar-refractivity contribution is 6.05. The van der Waals surface area contributed by atoms with Crippen molar-refractivity contribution in [1.82, 2.24) is 19.9 Å². The first-order valence-corrected chi connectivity index (χ1v) is 19.3. The predicted molar refractivity (Wildman–Crippen MR) is 239 cm³/mol. The van der Waals surface area contributed by atoms with Crippen LogP contribution in [0.25, 0.3) is 102 Å². The number of nitrogens with one attached hydrogen (secondary N) is 2. The largest absolute Gasteiger partial charge is 0.497 e. The Morgan fingerprint density at radius 3 is 1.26 bits per heavy atom. The van der Waals surface area contributed by atoms with Gasteiger partial charge in [0.05, 0.1) is 42.5 Å². The second-order valence-corrected chi connectivity index (χ2v) is 14.2. The maximum absolute atomic E-state index is 6.05. The van der Waals surface area contributed by atoms with Gasteiger partial charge >= 0.3 is 0 Å². The van der Waals surface area contributed by atoms with Crippen LogP contribution < -0.4 is 9.47 Å². The molecule has 5 aromatic carbocycles. The van der Waals surface area contributed by atoms with E-state index in [2.05, 4.69) is 150 Å². The van der Waals surface area contributed by atoms with Crippen molar-refractivity contribution < 1.29 is 9.47 Å². The molecule has 2 aliphatic rings. The van der Waals surface area contributed by atoms with E-state index in [0.29, 0.717) is 0 Å². The number of ether oxygens (including phenoxy) is 2. The molecule has 2 aliphatic heterocycles. The summed E-state index contributed by atoms with van der Waals surface area (Å²) in [5.41, 5.74) is 17.0. The van der Waals surface area contributed by atoms with E-state index in [1.807, 2.05) is 42.5 Å². The van der Waals surface area contributed by atoms with Gasteiger partial charge in [-0.3, -0.25) is 0 Å². The summed E-state index contributed by atoms with van der Waals surface area (Å²) in [7, 11) is 3.39. The fraction of sp³-hybridized carbons (Fsp3) is 0.0385. The van der Waals surface area contributed by atoms with E-state index < -0.39 is 0 Å². The van der Waals surface area contributed by atoms with E-state index in [1.165, 1.54) is 0 Å². The molecule has 6 nitrogen and oxygen atoms in total. The molecule has 2 N–H and O–H groups in total. The Morgan fingerprint density at radius 1 is 0.379 bits per heavy atom. The van der Waals surface area contributed by atoms with Crippen LogP contribution in [0.2, 0.25) is 0 Å². The number of hydrogen-bond donors (Lipinski definition) is 2. The van der Waals surface area contributed by atoms with Gasteiger partial charge in [0.15, 0.2) is 0 Å². The van der Waals surface area contributed by atoms with E-state index >= 15 is 0 Å². The predicted octanol–water partition coefficient (Wildman–Crippen LogP) is 13.0. The van der Waals surface area contributed by atoms with Gasteiger partial charge in [-0.25, -0.2) is 9.97 Å². The van der Waals surface area contributed by atoms with Crippen molar-refractivity contribution in [1.29, 1.82) is 0 Å². The van der Waals surface area contributed by atoms with Crippen LogP contribution in [0.3, 0.4) is 0 Å². The molecule has 0 unspecified atom stereocenters. The van der Waals surface area contributed by atoms with E-state index in [-0.39, 0.29) is 0 Å². The molecule has 3 aromatic heterocycles. The molecule has 6 heteroatoms. The lowest BCUT2D eigenvalue weighted by Gasteiger charge is -2.12. The molecule has 0 amide bonds. The molecule has 0 fully saturated rings. The smallest absolute Gasteiger partial charge is 0.127 e. The Morgan fingerprint density at radius 2 is 0.810 bits per heavy atom. The second kappa shape index (κ2) is 14.8. The fourth-order valence-corrected chi connectivity index (χ4v) is 8.16. The Hall–Kier alpha value is -7.70. The molecule has 58 heavy (non-hydrogen) atoms. The highest BCUT2D eigenvalue weighted by Crippen LogP contribution is 2.44. The number of aromatic nitrogens is 4. The van der Waals surface area contributed by atoms with Crippen LogP contribution >= 0.6 is 0 Å². The van der Waals surface area contributed by atoms with Gasteiger partial charge in [0.25, 0.3) is 0 Å². The zero-order chi connectivity index (χ0) is 39.0. The number of methoxy groups -OCH3 is 2. The van der Waals surface area contributed by atoms with Crippen molar-refractivity contribution in [3.63, 3.8) is 0 Å². The lowest BCUT2D eigenvalue weighted by atomic mass is 9.98. The maximum atomic E-state index is 6.05.